The van der Waals surface area contributed by atoms with E-state index in [0.29, 0.717) is 11.4 Å². The van der Waals surface area contributed by atoms with Crippen LogP contribution >= 0.6 is 0 Å². The zero-order valence-electron chi connectivity index (χ0n) is 9.86. The molecule has 0 fully saturated rings. The topological polar surface area (TPSA) is 61.3 Å². The second-order valence-electron chi connectivity index (χ2n) is 3.41. The number of nitrogens with two attached hydrogens (primary N) is 2. The number of anilines is 2. The van der Waals surface area contributed by atoms with E-state index in [1.807, 2.05) is 0 Å². The van der Waals surface area contributed by atoms with Crippen molar-refractivity contribution in [3.8, 4) is 5.75 Å². The molecular weight excluding hydrogens is 238 g/mol. The van der Waals surface area contributed by atoms with Crippen molar-refractivity contribution in [3.05, 3.63) is 54.1 Å². The number of benzene rings is 2. The van der Waals surface area contributed by atoms with Crippen LogP contribution in [0.25, 0.3) is 0 Å². The highest BCUT2D eigenvalue weighted by Crippen LogP contribution is 2.22. The van der Waals surface area contributed by atoms with Gasteiger partial charge in [-0.1, -0.05) is 6.07 Å². The summed E-state index contributed by atoms with van der Waals surface area (Å²) in [6, 6.07) is 10.1. The van der Waals surface area contributed by atoms with Crippen molar-refractivity contribution in [2.24, 2.45) is 0 Å². The Morgan fingerprint density at radius 3 is 2.00 bits per heavy atom. The first-order valence-corrected chi connectivity index (χ1v) is 5.13. The summed E-state index contributed by atoms with van der Waals surface area (Å²) < 4.78 is 29.4. The normalized spacial score (nSPS) is 9.28. The van der Waals surface area contributed by atoms with Crippen LogP contribution in [-0.2, 0) is 0 Å². The van der Waals surface area contributed by atoms with Crippen LogP contribution in [0.4, 0.5) is 20.2 Å². The molecule has 0 bridgehead atoms. The highest BCUT2D eigenvalue weighted by Gasteiger charge is 2.01. The van der Waals surface area contributed by atoms with Gasteiger partial charge in [-0.2, -0.15) is 0 Å². The SMILES string of the molecule is COc1cccc(F)c1N.Nc1ccc(F)cc1. The van der Waals surface area contributed by atoms with Gasteiger partial charge >= 0.3 is 0 Å². The Kier molecular flexibility index (Phi) is 4.92. The van der Waals surface area contributed by atoms with Gasteiger partial charge in [-0.25, -0.2) is 8.78 Å². The molecule has 2 rings (SSSR count). The van der Waals surface area contributed by atoms with Crippen molar-refractivity contribution >= 4 is 11.4 Å². The summed E-state index contributed by atoms with van der Waals surface area (Å²) in [5, 5.41) is 0. The molecule has 0 radical (unpaired) electrons. The smallest absolute Gasteiger partial charge is 0.149 e. The molecule has 0 heterocycles. The van der Waals surface area contributed by atoms with E-state index in [9.17, 15) is 8.78 Å². The van der Waals surface area contributed by atoms with Crippen LogP contribution in [0.15, 0.2) is 42.5 Å². The van der Waals surface area contributed by atoms with Crippen LogP contribution in [0.3, 0.4) is 0 Å². The number of hydrogen-bond donors (Lipinski definition) is 2. The van der Waals surface area contributed by atoms with Gasteiger partial charge in [0, 0.05) is 5.69 Å². The molecule has 5 heteroatoms. The van der Waals surface area contributed by atoms with Crippen molar-refractivity contribution in [3.63, 3.8) is 0 Å². The van der Waals surface area contributed by atoms with Gasteiger partial charge in [0.25, 0.3) is 0 Å². The lowest BCUT2D eigenvalue weighted by Crippen LogP contribution is -1.94. The third kappa shape index (κ3) is 3.93. The number of nitrogen functional groups attached to an aromatic ring is 2. The van der Waals surface area contributed by atoms with Gasteiger partial charge in [-0.05, 0) is 36.4 Å². The molecule has 3 nitrogen and oxygen atoms in total. The standard InChI is InChI=1S/C7H8FNO.C6H6FN/c1-10-6-4-2-3-5(8)7(6)9;7-5-1-3-6(8)4-2-5/h2-4H,9H2,1H3;1-4H,8H2. The van der Waals surface area contributed by atoms with E-state index in [0.717, 1.165) is 0 Å². The number of rotatable bonds is 1. The van der Waals surface area contributed by atoms with Crippen molar-refractivity contribution in [2.75, 3.05) is 18.6 Å². The fourth-order valence-electron chi connectivity index (χ4n) is 1.16. The minimum atomic E-state index is -0.445. The van der Waals surface area contributed by atoms with E-state index in [1.54, 1.807) is 12.1 Å². The first-order chi connectivity index (χ1) is 8.54. The molecule has 0 aliphatic heterocycles. The number of para-hydroxylation sites is 1. The number of methoxy groups -OCH3 is 1. The third-order valence-corrected chi connectivity index (χ3v) is 2.10. The summed E-state index contributed by atoms with van der Waals surface area (Å²) in [6.07, 6.45) is 0. The van der Waals surface area contributed by atoms with E-state index >= 15 is 0 Å². The van der Waals surface area contributed by atoms with Crippen LogP contribution in [0.5, 0.6) is 5.75 Å². The molecule has 0 aliphatic rings. The lowest BCUT2D eigenvalue weighted by molar-refractivity contribution is 0.414. The predicted molar refractivity (Wildman–Crippen MR) is 68.2 cm³/mol. The average Bonchev–Trinajstić information content (AvgIpc) is 2.37. The average molecular weight is 252 g/mol. The second kappa shape index (κ2) is 6.44. The molecule has 0 atom stereocenters. The van der Waals surface area contributed by atoms with Gasteiger partial charge in [0.1, 0.15) is 23.1 Å². The third-order valence-electron chi connectivity index (χ3n) is 2.10. The molecular formula is C13H14F2N2O. The van der Waals surface area contributed by atoms with Crippen LogP contribution in [0.2, 0.25) is 0 Å². The Hall–Kier alpha value is -2.30. The van der Waals surface area contributed by atoms with Crippen molar-refractivity contribution in [1.29, 1.82) is 0 Å². The van der Waals surface area contributed by atoms with E-state index < -0.39 is 5.82 Å². The fourth-order valence-corrected chi connectivity index (χ4v) is 1.16. The molecule has 0 spiro atoms. The molecule has 18 heavy (non-hydrogen) atoms. The Bertz CT molecular complexity index is 480. The summed E-state index contributed by atoms with van der Waals surface area (Å²) in [5.41, 5.74) is 11.2. The summed E-state index contributed by atoms with van der Waals surface area (Å²) in [4.78, 5) is 0. The monoisotopic (exact) mass is 252 g/mol. The van der Waals surface area contributed by atoms with Gasteiger partial charge in [0.15, 0.2) is 0 Å². The van der Waals surface area contributed by atoms with E-state index in [2.05, 4.69) is 0 Å². The summed E-state index contributed by atoms with van der Waals surface area (Å²) in [7, 11) is 1.45. The van der Waals surface area contributed by atoms with E-state index in [-0.39, 0.29) is 11.5 Å². The van der Waals surface area contributed by atoms with Gasteiger partial charge < -0.3 is 16.2 Å². The van der Waals surface area contributed by atoms with Crippen LogP contribution in [0, 0.1) is 11.6 Å². The molecule has 0 aliphatic carbocycles. The summed E-state index contributed by atoms with van der Waals surface area (Å²) >= 11 is 0. The van der Waals surface area contributed by atoms with Crippen LogP contribution in [-0.4, -0.2) is 7.11 Å². The van der Waals surface area contributed by atoms with Crippen molar-refractivity contribution in [2.45, 2.75) is 0 Å². The van der Waals surface area contributed by atoms with Crippen molar-refractivity contribution < 1.29 is 13.5 Å². The quantitative estimate of drug-likeness (QED) is 0.767. The minimum Gasteiger partial charge on any atom is -0.494 e. The lowest BCUT2D eigenvalue weighted by atomic mass is 10.3. The molecule has 0 saturated carbocycles. The van der Waals surface area contributed by atoms with Gasteiger partial charge in [-0.3, -0.25) is 0 Å². The highest BCUT2D eigenvalue weighted by atomic mass is 19.1. The summed E-state index contributed by atoms with van der Waals surface area (Å²) in [6.45, 7) is 0. The molecule has 2 aromatic rings. The maximum atomic E-state index is 12.6. The Balaban J connectivity index is 0.000000184. The summed E-state index contributed by atoms with van der Waals surface area (Å²) in [5.74, 6) is -0.321. The molecule has 0 amide bonds. The molecule has 4 N–H and O–H groups in total. The molecule has 0 unspecified atom stereocenters. The number of ether oxygens (including phenoxy) is 1. The maximum Gasteiger partial charge on any atom is 0.149 e. The van der Waals surface area contributed by atoms with Crippen molar-refractivity contribution in [1.82, 2.24) is 0 Å². The molecule has 0 aromatic heterocycles. The minimum absolute atomic E-state index is 0.0602. The molecule has 96 valence electrons. The fraction of sp³-hybridized carbons (Fsp3) is 0.0769. The van der Waals surface area contributed by atoms with E-state index in [1.165, 1.54) is 37.4 Å². The van der Waals surface area contributed by atoms with Gasteiger partial charge in [-0.15, -0.1) is 0 Å². The first kappa shape index (κ1) is 13.8. The largest absolute Gasteiger partial charge is 0.494 e. The van der Waals surface area contributed by atoms with E-state index in [4.69, 9.17) is 16.2 Å². The lowest BCUT2D eigenvalue weighted by Gasteiger charge is -2.02. The molecule has 0 saturated heterocycles. The Morgan fingerprint density at radius 1 is 0.944 bits per heavy atom. The van der Waals surface area contributed by atoms with Crippen LogP contribution in [0.1, 0.15) is 0 Å². The molecule has 2 aromatic carbocycles. The van der Waals surface area contributed by atoms with Gasteiger partial charge in [0.2, 0.25) is 0 Å². The first-order valence-electron chi connectivity index (χ1n) is 5.13. The highest BCUT2D eigenvalue weighted by molar-refractivity contribution is 5.53. The Morgan fingerprint density at radius 2 is 1.56 bits per heavy atom. The van der Waals surface area contributed by atoms with Gasteiger partial charge in [0.05, 0.1) is 7.11 Å². The Labute approximate surface area is 104 Å². The van der Waals surface area contributed by atoms with Crippen LogP contribution < -0.4 is 16.2 Å². The number of halogens is 2. The zero-order valence-corrected chi connectivity index (χ0v) is 9.86. The number of hydrogen-bond acceptors (Lipinski definition) is 3. The predicted octanol–water partition coefficient (Wildman–Crippen LogP) is 2.82. The second-order valence-corrected chi connectivity index (χ2v) is 3.41. The zero-order chi connectivity index (χ0) is 13.5. The maximum absolute atomic E-state index is 12.6.